The Morgan fingerprint density at radius 3 is 2.34 bits per heavy atom. The van der Waals surface area contributed by atoms with E-state index in [1.807, 2.05) is 79.9 Å². The number of rotatable bonds is 6. The fourth-order valence-electron chi connectivity index (χ4n) is 4.62. The van der Waals surface area contributed by atoms with Gasteiger partial charge in [0.2, 0.25) is 0 Å². The zero-order valence-corrected chi connectivity index (χ0v) is 20.1. The fourth-order valence-corrected chi connectivity index (χ4v) is 4.62. The maximum atomic E-state index is 13.0. The molecule has 6 nitrogen and oxygen atoms in total. The van der Waals surface area contributed by atoms with Crippen LogP contribution < -0.4 is 19.9 Å². The van der Waals surface area contributed by atoms with Crippen LogP contribution in [0.1, 0.15) is 28.9 Å². The highest BCUT2D eigenvalue weighted by atomic mass is 16.5. The molecule has 0 radical (unpaired) electrons. The summed E-state index contributed by atoms with van der Waals surface area (Å²) < 4.78 is 5.28. The topological polar surface area (TPSA) is 57.7 Å². The van der Waals surface area contributed by atoms with Gasteiger partial charge in [0.1, 0.15) is 11.6 Å². The number of pyridine rings is 1. The van der Waals surface area contributed by atoms with Gasteiger partial charge in [0.15, 0.2) is 0 Å². The van der Waals surface area contributed by atoms with E-state index in [1.165, 1.54) is 5.69 Å². The van der Waals surface area contributed by atoms with Crippen molar-refractivity contribution in [2.45, 2.75) is 13.0 Å². The molecular weight excluding hydrogens is 436 g/mol. The van der Waals surface area contributed by atoms with E-state index in [4.69, 9.17) is 9.72 Å². The van der Waals surface area contributed by atoms with Crippen LogP contribution in [-0.2, 0) is 0 Å². The largest absolute Gasteiger partial charge is 0.497 e. The third-order valence-electron chi connectivity index (χ3n) is 6.67. The second-order valence-electron chi connectivity index (χ2n) is 8.85. The summed E-state index contributed by atoms with van der Waals surface area (Å²) in [6.45, 7) is 5.53. The second kappa shape index (κ2) is 10.1. The number of hydrogen-bond donors (Lipinski definition) is 1. The summed E-state index contributed by atoms with van der Waals surface area (Å²) in [5.74, 6) is 1.72. The van der Waals surface area contributed by atoms with Crippen molar-refractivity contribution in [2.75, 3.05) is 43.1 Å². The van der Waals surface area contributed by atoms with Gasteiger partial charge in [0, 0.05) is 49.0 Å². The number of nitrogens with zero attached hydrogens (tertiary/aromatic N) is 3. The molecule has 1 N–H and O–H groups in total. The maximum absolute atomic E-state index is 13.0. The van der Waals surface area contributed by atoms with Crippen LogP contribution in [0.15, 0.2) is 85.1 Å². The molecule has 0 saturated carbocycles. The van der Waals surface area contributed by atoms with Gasteiger partial charge in [-0.2, -0.15) is 0 Å². The lowest BCUT2D eigenvalue weighted by atomic mass is 10.1. The van der Waals surface area contributed by atoms with Crippen molar-refractivity contribution in [2.24, 2.45) is 0 Å². The predicted molar refractivity (Wildman–Crippen MR) is 141 cm³/mol. The van der Waals surface area contributed by atoms with Crippen molar-refractivity contribution in [3.63, 3.8) is 0 Å². The van der Waals surface area contributed by atoms with Crippen molar-refractivity contribution in [1.29, 1.82) is 0 Å². The normalized spacial score (nSPS) is 14.6. The molecule has 1 amide bonds. The van der Waals surface area contributed by atoms with Gasteiger partial charge in [-0.25, -0.2) is 4.98 Å². The third kappa shape index (κ3) is 4.92. The summed E-state index contributed by atoms with van der Waals surface area (Å²) in [5.41, 5.74) is 2.92. The van der Waals surface area contributed by atoms with Crippen LogP contribution in [-0.4, -0.2) is 44.2 Å². The molecule has 1 atom stereocenters. The minimum atomic E-state index is -0.0811. The number of amides is 1. The molecule has 4 aromatic rings. The van der Waals surface area contributed by atoms with E-state index >= 15 is 0 Å². The highest BCUT2D eigenvalue weighted by Crippen LogP contribution is 2.28. The number of hydrogen-bond acceptors (Lipinski definition) is 5. The van der Waals surface area contributed by atoms with Gasteiger partial charge in [-0.3, -0.25) is 4.79 Å². The molecule has 0 unspecified atom stereocenters. The maximum Gasteiger partial charge on any atom is 0.251 e. The van der Waals surface area contributed by atoms with Crippen LogP contribution >= 0.6 is 0 Å². The first-order chi connectivity index (χ1) is 17.1. The van der Waals surface area contributed by atoms with Crippen LogP contribution in [0.5, 0.6) is 5.75 Å². The average molecular weight is 467 g/mol. The molecule has 1 aliphatic heterocycles. The first-order valence-electron chi connectivity index (χ1n) is 12.0. The summed E-state index contributed by atoms with van der Waals surface area (Å²) in [7, 11) is 1.68. The van der Waals surface area contributed by atoms with E-state index in [1.54, 1.807) is 7.11 Å². The van der Waals surface area contributed by atoms with Crippen molar-refractivity contribution < 1.29 is 9.53 Å². The first kappa shape index (κ1) is 22.7. The molecule has 5 rings (SSSR count). The van der Waals surface area contributed by atoms with Gasteiger partial charge in [-0.05, 0) is 60.3 Å². The Labute approximate surface area is 206 Å². The SMILES string of the molecule is COc1ccc(N2CCN(c3nccc4ccc(C(=O)N[C@@H](C)c5ccccc5)cc34)CC2)cc1. The van der Waals surface area contributed by atoms with Gasteiger partial charge in [0.25, 0.3) is 5.91 Å². The molecule has 2 heterocycles. The molecule has 6 heteroatoms. The number of anilines is 2. The van der Waals surface area contributed by atoms with Gasteiger partial charge in [-0.1, -0.05) is 36.4 Å². The molecule has 0 bridgehead atoms. The molecule has 0 aliphatic carbocycles. The van der Waals surface area contributed by atoms with E-state index in [9.17, 15) is 4.79 Å². The van der Waals surface area contributed by atoms with Gasteiger partial charge >= 0.3 is 0 Å². The number of piperazine rings is 1. The van der Waals surface area contributed by atoms with Crippen molar-refractivity contribution in [3.8, 4) is 5.75 Å². The highest BCUT2D eigenvalue weighted by molar-refractivity contribution is 6.01. The van der Waals surface area contributed by atoms with Crippen LogP contribution in [0, 0.1) is 0 Å². The zero-order valence-electron chi connectivity index (χ0n) is 20.1. The van der Waals surface area contributed by atoms with E-state index in [0.29, 0.717) is 5.56 Å². The highest BCUT2D eigenvalue weighted by Gasteiger charge is 2.21. The molecule has 1 fully saturated rings. The third-order valence-corrected chi connectivity index (χ3v) is 6.67. The quantitative estimate of drug-likeness (QED) is 0.430. The molecule has 1 aromatic heterocycles. The number of carbonyl (C=O) groups is 1. The van der Waals surface area contributed by atoms with E-state index in [-0.39, 0.29) is 11.9 Å². The number of carbonyl (C=O) groups excluding carboxylic acids is 1. The first-order valence-corrected chi connectivity index (χ1v) is 12.0. The number of ether oxygens (including phenoxy) is 1. The van der Waals surface area contributed by atoms with Crippen LogP contribution in [0.4, 0.5) is 11.5 Å². The van der Waals surface area contributed by atoms with E-state index in [2.05, 4.69) is 27.2 Å². The van der Waals surface area contributed by atoms with Gasteiger partial charge in [-0.15, -0.1) is 0 Å². The monoisotopic (exact) mass is 466 g/mol. The Balaban J connectivity index is 1.32. The summed E-state index contributed by atoms with van der Waals surface area (Å²) in [5, 5.41) is 5.21. The van der Waals surface area contributed by atoms with E-state index in [0.717, 1.165) is 54.1 Å². The summed E-state index contributed by atoms with van der Waals surface area (Å²) in [6.07, 6.45) is 1.85. The molecule has 1 aliphatic rings. The molecular formula is C29H30N4O2. The lowest BCUT2D eigenvalue weighted by molar-refractivity contribution is 0.0940. The molecule has 0 spiro atoms. The summed E-state index contributed by atoms with van der Waals surface area (Å²) in [6, 6.07) is 26.0. The minimum absolute atomic E-state index is 0.0706. The van der Waals surface area contributed by atoms with Crippen LogP contribution in [0.25, 0.3) is 10.8 Å². The lowest BCUT2D eigenvalue weighted by Crippen LogP contribution is -2.46. The number of methoxy groups -OCH3 is 1. The molecule has 35 heavy (non-hydrogen) atoms. The number of nitrogens with one attached hydrogen (secondary N) is 1. The number of aromatic nitrogens is 1. The molecule has 3 aromatic carbocycles. The molecule has 1 saturated heterocycles. The standard InChI is InChI=1S/C29H30N4O2/c1-21(22-6-4-3-5-7-22)31-29(34)24-9-8-23-14-15-30-28(27(23)20-24)33-18-16-32(17-19-33)25-10-12-26(35-2)13-11-25/h3-15,20-21H,16-19H2,1-2H3,(H,31,34)/t21-/m0/s1. The average Bonchev–Trinajstić information content (AvgIpc) is 2.93. The van der Waals surface area contributed by atoms with Crippen LogP contribution in [0.3, 0.4) is 0 Å². The number of benzene rings is 3. The predicted octanol–water partition coefficient (Wildman–Crippen LogP) is 5.06. The smallest absolute Gasteiger partial charge is 0.251 e. The Hall–Kier alpha value is -4.06. The van der Waals surface area contributed by atoms with Gasteiger partial charge in [0.05, 0.1) is 13.2 Å². The van der Waals surface area contributed by atoms with Crippen molar-refractivity contribution >= 4 is 28.2 Å². The number of fused-ring (bicyclic) bond motifs is 1. The Bertz CT molecular complexity index is 1300. The van der Waals surface area contributed by atoms with E-state index < -0.39 is 0 Å². The fraction of sp³-hybridized carbons (Fsp3) is 0.241. The Morgan fingerprint density at radius 1 is 0.914 bits per heavy atom. The Kier molecular flexibility index (Phi) is 6.53. The second-order valence-corrected chi connectivity index (χ2v) is 8.85. The zero-order chi connectivity index (χ0) is 24.2. The summed E-state index contributed by atoms with van der Waals surface area (Å²) >= 11 is 0. The van der Waals surface area contributed by atoms with Crippen molar-refractivity contribution in [1.82, 2.24) is 10.3 Å². The summed E-state index contributed by atoms with van der Waals surface area (Å²) in [4.78, 5) is 22.5. The van der Waals surface area contributed by atoms with Gasteiger partial charge < -0.3 is 19.9 Å². The van der Waals surface area contributed by atoms with Crippen LogP contribution in [0.2, 0.25) is 0 Å². The Morgan fingerprint density at radius 2 is 1.63 bits per heavy atom. The minimum Gasteiger partial charge on any atom is -0.497 e. The lowest BCUT2D eigenvalue weighted by Gasteiger charge is -2.37. The molecule has 178 valence electrons. The van der Waals surface area contributed by atoms with Crippen molar-refractivity contribution in [3.05, 3.63) is 96.2 Å².